The van der Waals surface area contributed by atoms with E-state index in [1.165, 1.54) is 18.2 Å². The summed E-state index contributed by atoms with van der Waals surface area (Å²) < 4.78 is 26.2. The van der Waals surface area contributed by atoms with Gasteiger partial charge in [-0.3, -0.25) is 9.00 Å². The molecule has 0 aliphatic heterocycles. The van der Waals surface area contributed by atoms with Crippen LogP contribution in [0.4, 0.5) is 4.39 Å². The Hall–Kier alpha value is -1.81. The third kappa shape index (κ3) is 3.02. The maximum absolute atomic E-state index is 13.7. The van der Waals surface area contributed by atoms with Gasteiger partial charge in [0.1, 0.15) is 11.1 Å². The summed E-state index contributed by atoms with van der Waals surface area (Å²) in [6, 6.07) is 14.6. The molecule has 0 fully saturated rings. The van der Waals surface area contributed by atoms with E-state index in [-0.39, 0.29) is 10.7 Å². The molecule has 0 radical (unpaired) electrons. The van der Waals surface area contributed by atoms with Crippen molar-refractivity contribution in [3.8, 4) is 0 Å². The average Bonchev–Trinajstić information content (AvgIpc) is 2.49. The van der Waals surface area contributed by atoms with Crippen molar-refractivity contribution >= 4 is 16.6 Å². The molecule has 2 unspecified atom stereocenters. The molecule has 0 amide bonds. The van der Waals surface area contributed by atoms with Crippen LogP contribution in [0.15, 0.2) is 59.5 Å². The second-order valence-electron chi connectivity index (χ2n) is 4.35. The van der Waals surface area contributed by atoms with Crippen molar-refractivity contribution in [2.75, 3.05) is 0 Å². The van der Waals surface area contributed by atoms with Gasteiger partial charge in [0.2, 0.25) is 0 Å². The van der Waals surface area contributed by atoms with E-state index in [0.29, 0.717) is 12.0 Å². The van der Waals surface area contributed by atoms with Crippen LogP contribution in [0.5, 0.6) is 0 Å². The predicted molar refractivity (Wildman–Crippen MR) is 77.7 cm³/mol. The zero-order valence-corrected chi connectivity index (χ0v) is 11.9. The van der Waals surface area contributed by atoms with Crippen LogP contribution in [0, 0.1) is 5.82 Å². The van der Waals surface area contributed by atoms with Crippen LogP contribution in [0.1, 0.15) is 23.7 Å². The van der Waals surface area contributed by atoms with Crippen LogP contribution >= 0.6 is 0 Å². The lowest BCUT2D eigenvalue weighted by molar-refractivity contribution is 0.0986. The molecule has 0 heterocycles. The van der Waals surface area contributed by atoms with Crippen molar-refractivity contribution in [2.24, 2.45) is 0 Å². The molecule has 2 atom stereocenters. The van der Waals surface area contributed by atoms with Gasteiger partial charge in [0.25, 0.3) is 0 Å². The van der Waals surface area contributed by atoms with E-state index >= 15 is 0 Å². The van der Waals surface area contributed by atoms with E-state index in [4.69, 9.17) is 0 Å². The number of Topliss-reactive ketones (excluding diaryl/α,β-unsaturated/α-hetero) is 1. The van der Waals surface area contributed by atoms with Crippen LogP contribution < -0.4 is 0 Å². The molecule has 2 aromatic carbocycles. The number of carbonyl (C=O) groups is 1. The highest BCUT2D eigenvalue weighted by Crippen LogP contribution is 2.20. The standard InChI is InChI=1S/C16H15FO2S/c1-2-14(16(18)12-8-4-3-5-9-12)20(19)15-11-7-6-10-13(15)17/h3-11,14H,2H2,1H3. The number of rotatable bonds is 5. The van der Waals surface area contributed by atoms with Crippen molar-refractivity contribution in [3.63, 3.8) is 0 Å². The van der Waals surface area contributed by atoms with Crippen LogP contribution in [0.3, 0.4) is 0 Å². The van der Waals surface area contributed by atoms with Gasteiger partial charge in [-0.25, -0.2) is 4.39 Å². The third-order valence-electron chi connectivity index (χ3n) is 3.03. The highest BCUT2D eigenvalue weighted by Gasteiger charge is 2.27. The van der Waals surface area contributed by atoms with E-state index in [1.807, 2.05) is 6.07 Å². The quantitative estimate of drug-likeness (QED) is 0.789. The Kier molecular flexibility index (Phi) is 4.79. The summed E-state index contributed by atoms with van der Waals surface area (Å²) in [7, 11) is -1.69. The lowest BCUT2D eigenvalue weighted by atomic mass is 10.1. The summed E-state index contributed by atoms with van der Waals surface area (Å²) in [5.41, 5.74) is 0.504. The van der Waals surface area contributed by atoms with E-state index in [1.54, 1.807) is 37.3 Å². The van der Waals surface area contributed by atoms with Crippen LogP contribution in [-0.2, 0) is 10.8 Å². The summed E-state index contributed by atoms with van der Waals surface area (Å²) in [5, 5.41) is -0.727. The van der Waals surface area contributed by atoms with Gasteiger partial charge in [-0.1, -0.05) is 49.4 Å². The summed E-state index contributed by atoms with van der Waals surface area (Å²) in [5.74, 6) is -0.750. The molecular formula is C16H15FO2S. The highest BCUT2D eigenvalue weighted by molar-refractivity contribution is 7.86. The molecule has 0 N–H and O–H groups in total. The van der Waals surface area contributed by atoms with Crippen LogP contribution in [0.25, 0.3) is 0 Å². The Balaban J connectivity index is 2.31. The number of benzene rings is 2. The smallest absolute Gasteiger partial charge is 0.178 e. The molecule has 4 heteroatoms. The Morgan fingerprint density at radius 2 is 1.70 bits per heavy atom. The summed E-state index contributed by atoms with van der Waals surface area (Å²) in [6.45, 7) is 1.78. The first-order valence-corrected chi connectivity index (χ1v) is 7.60. The average molecular weight is 290 g/mol. The third-order valence-corrected chi connectivity index (χ3v) is 4.86. The number of hydrogen-bond acceptors (Lipinski definition) is 2. The molecule has 2 rings (SSSR count). The highest BCUT2D eigenvalue weighted by atomic mass is 32.2. The van der Waals surface area contributed by atoms with Crippen molar-refractivity contribution in [2.45, 2.75) is 23.5 Å². The van der Waals surface area contributed by atoms with Gasteiger partial charge in [0.15, 0.2) is 5.78 Å². The van der Waals surface area contributed by atoms with Crippen LogP contribution in [0.2, 0.25) is 0 Å². The van der Waals surface area contributed by atoms with E-state index in [0.717, 1.165) is 0 Å². The first-order chi connectivity index (χ1) is 9.65. The molecule has 0 spiro atoms. The van der Waals surface area contributed by atoms with E-state index in [9.17, 15) is 13.4 Å². The molecule has 0 aliphatic rings. The fraction of sp³-hybridized carbons (Fsp3) is 0.188. The summed E-state index contributed by atoms with van der Waals surface area (Å²) in [6.07, 6.45) is 0.397. The fourth-order valence-corrected chi connectivity index (χ4v) is 3.40. The minimum absolute atomic E-state index is 0.0867. The molecule has 0 aromatic heterocycles. The Labute approximate surface area is 120 Å². The van der Waals surface area contributed by atoms with Gasteiger partial charge in [0, 0.05) is 5.56 Å². The van der Waals surface area contributed by atoms with Crippen molar-refractivity contribution in [1.82, 2.24) is 0 Å². The summed E-state index contributed by atoms with van der Waals surface area (Å²) in [4.78, 5) is 12.5. The summed E-state index contributed by atoms with van der Waals surface area (Å²) >= 11 is 0. The number of ketones is 1. The molecule has 104 valence electrons. The lowest BCUT2D eigenvalue weighted by Gasteiger charge is -2.14. The Bertz CT molecular complexity index is 625. The Morgan fingerprint density at radius 3 is 2.30 bits per heavy atom. The van der Waals surface area contributed by atoms with E-state index in [2.05, 4.69) is 0 Å². The van der Waals surface area contributed by atoms with Gasteiger partial charge in [-0.05, 0) is 18.6 Å². The molecule has 0 saturated heterocycles. The molecule has 0 bridgehead atoms. The van der Waals surface area contributed by atoms with Gasteiger partial charge in [-0.2, -0.15) is 0 Å². The maximum atomic E-state index is 13.7. The van der Waals surface area contributed by atoms with E-state index < -0.39 is 21.9 Å². The number of halogens is 1. The Morgan fingerprint density at radius 1 is 1.10 bits per heavy atom. The predicted octanol–water partition coefficient (Wildman–Crippen LogP) is 3.59. The lowest BCUT2D eigenvalue weighted by Crippen LogP contribution is -2.26. The minimum Gasteiger partial charge on any atom is -0.293 e. The zero-order chi connectivity index (χ0) is 14.5. The van der Waals surface area contributed by atoms with Gasteiger partial charge in [-0.15, -0.1) is 0 Å². The maximum Gasteiger partial charge on any atom is 0.178 e. The molecule has 0 saturated carbocycles. The monoisotopic (exact) mass is 290 g/mol. The zero-order valence-electron chi connectivity index (χ0n) is 11.1. The first kappa shape index (κ1) is 14.6. The largest absolute Gasteiger partial charge is 0.293 e. The van der Waals surface area contributed by atoms with Crippen molar-refractivity contribution in [3.05, 3.63) is 66.0 Å². The van der Waals surface area contributed by atoms with Crippen molar-refractivity contribution in [1.29, 1.82) is 0 Å². The van der Waals surface area contributed by atoms with Gasteiger partial charge in [0.05, 0.1) is 15.7 Å². The molecule has 2 nitrogen and oxygen atoms in total. The second-order valence-corrected chi connectivity index (χ2v) is 5.96. The van der Waals surface area contributed by atoms with Crippen LogP contribution in [-0.4, -0.2) is 15.2 Å². The van der Waals surface area contributed by atoms with Crippen molar-refractivity contribution < 1.29 is 13.4 Å². The van der Waals surface area contributed by atoms with Gasteiger partial charge >= 0.3 is 0 Å². The first-order valence-electron chi connectivity index (χ1n) is 6.39. The number of hydrogen-bond donors (Lipinski definition) is 0. The minimum atomic E-state index is -1.69. The number of carbonyl (C=O) groups excluding carboxylic acids is 1. The second kappa shape index (κ2) is 6.57. The van der Waals surface area contributed by atoms with Gasteiger partial charge < -0.3 is 0 Å². The normalized spacial score (nSPS) is 13.7. The molecule has 0 aliphatic carbocycles. The fourth-order valence-electron chi connectivity index (χ4n) is 1.98. The molecule has 20 heavy (non-hydrogen) atoms. The topological polar surface area (TPSA) is 34.1 Å². The molecule has 2 aromatic rings. The molecular weight excluding hydrogens is 275 g/mol. The SMILES string of the molecule is CCC(C(=O)c1ccccc1)S(=O)c1ccccc1F.